The van der Waals surface area contributed by atoms with Crippen LogP contribution in [0, 0.1) is 5.41 Å². The molecule has 0 aromatic carbocycles. The summed E-state index contributed by atoms with van der Waals surface area (Å²) < 4.78 is 4.58. The van der Waals surface area contributed by atoms with Crippen molar-refractivity contribution in [3.8, 4) is 0 Å². The van der Waals surface area contributed by atoms with Gasteiger partial charge in [0.25, 0.3) is 6.47 Å². The predicted molar refractivity (Wildman–Crippen MR) is 29.4 cm³/mol. The van der Waals surface area contributed by atoms with Crippen molar-refractivity contribution >= 4 is 6.47 Å². The maximum atomic E-state index is 9.66. The summed E-state index contributed by atoms with van der Waals surface area (Å²) in [7, 11) is 0. The van der Waals surface area contributed by atoms with Gasteiger partial charge in [-0.15, -0.1) is 0 Å². The van der Waals surface area contributed by atoms with Crippen LogP contribution < -0.4 is 0 Å². The molecule has 2 nitrogen and oxygen atoms in total. The fourth-order valence-electron chi connectivity index (χ4n) is 0.593. The number of rotatable bonds is 3. The fraction of sp³-hybridized carbons (Fsp3) is 0.833. The molecule has 0 aromatic rings. The van der Waals surface area contributed by atoms with Crippen molar-refractivity contribution in [2.24, 2.45) is 5.41 Å². The number of hydrogen-bond donors (Lipinski definition) is 0. The molecule has 8 heavy (non-hydrogen) atoms. The molecule has 46 valence electrons. The zero-order chi connectivity index (χ0) is 6.04. The van der Waals surface area contributed by atoms with E-state index in [9.17, 15) is 4.79 Å². The Labute approximate surface area is 48.8 Å². The molecule has 0 saturated heterocycles. The van der Waals surface area contributed by atoms with Crippen LogP contribution in [0.3, 0.4) is 0 Å². The minimum absolute atomic E-state index is 0.348. The smallest absolute Gasteiger partial charge is 0.293 e. The maximum absolute atomic E-state index is 9.66. The van der Waals surface area contributed by atoms with E-state index in [2.05, 4.69) is 11.7 Å². The molecule has 0 aliphatic heterocycles. The van der Waals surface area contributed by atoms with Gasteiger partial charge in [0.1, 0.15) is 0 Å². The number of carbonyl (C=O) groups excluding carboxylic acids is 1. The summed E-state index contributed by atoms with van der Waals surface area (Å²) in [5.74, 6) is 0. The molecule has 0 spiro atoms. The van der Waals surface area contributed by atoms with E-state index in [1.807, 2.05) is 0 Å². The van der Waals surface area contributed by atoms with E-state index in [1.54, 1.807) is 0 Å². The zero-order valence-electron chi connectivity index (χ0n) is 5.02. The van der Waals surface area contributed by atoms with Crippen LogP contribution in [0.1, 0.15) is 19.8 Å². The number of carbonyl (C=O) groups is 1. The van der Waals surface area contributed by atoms with E-state index in [-0.39, 0.29) is 0 Å². The Morgan fingerprint density at radius 3 is 2.75 bits per heavy atom. The van der Waals surface area contributed by atoms with E-state index < -0.39 is 0 Å². The molecule has 1 saturated carbocycles. The van der Waals surface area contributed by atoms with Crippen LogP contribution in [-0.4, -0.2) is 13.1 Å². The van der Waals surface area contributed by atoms with Crippen LogP contribution in [0.15, 0.2) is 0 Å². The first-order valence-electron chi connectivity index (χ1n) is 2.82. The van der Waals surface area contributed by atoms with E-state index in [4.69, 9.17) is 0 Å². The molecule has 0 unspecified atom stereocenters. The first-order valence-corrected chi connectivity index (χ1v) is 2.82. The lowest BCUT2D eigenvalue weighted by Crippen LogP contribution is -2.03. The summed E-state index contributed by atoms with van der Waals surface area (Å²) in [4.78, 5) is 9.66. The SMILES string of the molecule is CC1(COC=O)CC1. The van der Waals surface area contributed by atoms with Crippen molar-refractivity contribution in [3.05, 3.63) is 0 Å². The third-order valence-corrected chi connectivity index (χ3v) is 1.60. The molecule has 0 amide bonds. The van der Waals surface area contributed by atoms with Gasteiger partial charge in [-0.3, -0.25) is 4.79 Å². The highest BCUT2D eigenvalue weighted by atomic mass is 16.5. The molecule has 0 aromatic heterocycles. The van der Waals surface area contributed by atoms with Crippen LogP contribution in [0.25, 0.3) is 0 Å². The predicted octanol–water partition coefficient (Wildman–Crippen LogP) is 0.960. The number of ether oxygens (including phenoxy) is 1. The van der Waals surface area contributed by atoms with Crippen LogP contribution in [-0.2, 0) is 9.53 Å². The Balaban J connectivity index is 2.09. The lowest BCUT2D eigenvalue weighted by molar-refractivity contribution is -0.130. The van der Waals surface area contributed by atoms with E-state index in [0.29, 0.717) is 18.5 Å². The molecule has 0 radical (unpaired) electrons. The summed E-state index contributed by atoms with van der Waals surface area (Å²) in [5, 5.41) is 0. The van der Waals surface area contributed by atoms with Gasteiger partial charge >= 0.3 is 0 Å². The molecular weight excluding hydrogens is 104 g/mol. The second kappa shape index (κ2) is 1.77. The highest BCUT2D eigenvalue weighted by Crippen LogP contribution is 2.44. The first kappa shape index (κ1) is 5.60. The topological polar surface area (TPSA) is 26.3 Å². The average molecular weight is 114 g/mol. The Bertz CT molecular complexity index is 94.7. The Morgan fingerprint density at radius 1 is 1.75 bits per heavy atom. The van der Waals surface area contributed by atoms with Crippen LogP contribution >= 0.6 is 0 Å². The van der Waals surface area contributed by atoms with Crippen molar-refractivity contribution < 1.29 is 9.53 Å². The van der Waals surface area contributed by atoms with Gasteiger partial charge in [-0.05, 0) is 12.8 Å². The van der Waals surface area contributed by atoms with E-state index >= 15 is 0 Å². The summed E-state index contributed by atoms with van der Waals surface area (Å²) in [6.07, 6.45) is 2.42. The van der Waals surface area contributed by atoms with Crippen LogP contribution in [0.4, 0.5) is 0 Å². The van der Waals surface area contributed by atoms with Gasteiger partial charge in [0.15, 0.2) is 0 Å². The van der Waals surface area contributed by atoms with Crippen molar-refractivity contribution in [2.45, 2.75) is 19.8 Å². The molecule has 0 N–H and O–H groups in total. The number of hydrogen-bond acceptors (Lipinski definition) is 2. The average Bonchev–Trinajstić information content (AvgIpc) is 2.45. The van der Waals surface area contributed by atoms with Gasteiger partial charge in [0, 0.05) is 5.41 Å². The summed E-state index contributed by atoms with van der Waals surface area (Å²) in [5.41, 5.74) is 0.348. The molecule has 0 heterocycles. The Hall–Kier alpha value is -0.530. The van der Waals surface area contributed by atoms with Gasteiger partial charge in [0.05, 0.1) is 6.61 Å². The monoisotopic (exact) mass is 114 g/mol. The molecule has 0 bridgehead atoms. The first-order chi connectivity index (χ1) is 3.77. The largest absolute Gasteiger partial charge is 0.467 e. The van der Waals surface area contributed by atoms with Crippen molar-refractivity contribution in [2.75, 3.05) is 6.61 Å². The molecular formula is C6H10O2. The lowest BCUT2D eigenvalue weighted by Gasteiger charge is -2.02. The molecule has 1 aliphatic carbocycles. The highest BCUT2D eigenvalue weighted by molar-refractivity contribution is 5.37. The normalized spacial score (nSPS) is 22.1. The van der Waals surface area contributed by atoms with Gasteiger partial charge in [-0.1, -0.05) is 6.92 Å². The van der Waals surface area contributed by atoms with Gasteiger partial charge in [-0.2, -0.15) is 0 Å². The van der Waals surface area contributed by atoms with Gasteiger partial charge in [0.2, 0.25) is 0 Å². The zero-order valence-corrected chi connectivity index (χ0v) is 5.02. The third kappa shape index (κ3) is 1.22. The van der Waals surface area contributed by atoms with E-state index in [1.165, 1.54) is 12.8 Å². The third-order valence-electron chi connectivity index (χ3n) is 1.60. The Kier molecular flexibility index (Phi) is 1.24. The minimum Gasteiger partial charge on any atom is -0.467 e. The quantitative estimate of drug-likeness (QED) is 0.511. The summed E-state index contributed by atoms with van der Waals surface area (Å²) in [6, 6.07) is 0. The van der Waals surface area contributed by atoms with Crippen molar-refractivity contribution in [1.82, 2.24) is 0 Å². The summed E-state index contributed by atoms with van der Waals surface area (Å²) >= 11 is 0. The van der Waals surface area contributed by atoms with E-state index in [0.717, 1.165) is 0 Å². The van der Waals surface area contributed by atoms with Crippen molar-refractivity contribution in [3.63, 3.8) is 0 Å². The summed E-state index contributed by atoms with van der Waals surface area (Å²) in [6.45, 7) is 3.25. The second-order valence-corrected chi connectivity index (χ2v) is 2.72. The van der Waals surface area contributed by atoms with Crippen molar-refractivity contribution in [1.29, 1.82) is 0 Å². The van der Waals surface area contributed by atoms with Gasteiger partial charge in [-0.25, -0.2) is 0 Å². The molecule has 1 rings (SSSR count). The lowest BCUT2D eigenvalue weighted by atomic mass is 10.2. The van der Waals surface area contributed by atoms with Gasteiger partial charge < -0.3 is 4.74 Å². The maximum Gasteiger partial charge on any atom is 0.293 e. The van der Waals surface area contributed by atoms with Crippen LogP contribution in [0.2, 0.25) is 0 Å². The molecule has 1 aliphatic rings. The molecule has 1 fully saturated rings. The minimum atomic E-state index is 0.348. The molecule has 2 heteroatoms. The highest BCUT2D eigenvalue weighted by Gasteiger charge is 2.37. The Morgan fingerprint density at radius 2 is 2.38 bits per heavy atom. The standard InChI is InChI=1S/C6H10O2/c1-6(2-3-6)4-8-5-7/h5H,2-4H2,1H3. The second-order valence-electron chi connectivity index (χ2n) is 2.72. The van der Waals surface area contributed by atoms with Crippen LogP contribution in [0.5, 0.6) is 0 Å². The molecule has 0 atom stereocenters. The fourth-order valence-corrected chi connectivity index (χ4v) is 0.593.